The highest BCUT2D eigenvalue weighted by molar-refractivity contribution is 5.49. The van der Waals surface area contributed by atoms with Crippen molar-refractivity contribution < 1.29 is 0 Å². The second kappa shape index (κ2) is 6.13. The molecule has 2 aromatic carbocycles. The summed E-state index contributed by atoms with van der Waals surface area (Å²) in [6.07, 6.45) is 0. The molecular formula is C19H25N. The van der Waals surface area contributed by atoms with Crippen LogP contribution in [-0.2, 0) is 0 Å². The van der Waals surface area contributed by atoms with E-state index in [1.165, 1.54) is 27.9 Å². The molecule has 0 aliphatic carbocycles. The lowest BCUT2D eigenvalue weighted by molar-refractivity contribution is 0.852. The van der Waals surface area contributed by atoms with Crippen molar-refractivity contribution in [1.29, 1.82) is 0 Å². The van der Waals surface area contributed by atoms with Crippen LogP contribution in [0, 0.1) is 13.8 Å². The van der Waals surface area contributed by atoms with Crippen molar-refractivity contribution in [2.75, 3.05) is 5.32 Å². The molecule has 2 rings (SSSR count). The van der Waals surface area contributed by atoms with Gasteiger partial charge in [-0.3, -0.25) is 0 Å². The lowest BCUT2D eigenvalue weighted by Crippen LogP contribution is -2.07. The molecule has 1 N–H and O–H groups in total. The smallest absolute Gasteiger partial charge is 0.0485 e. The van der Waals surface area contributed by atoms with E-state index >= 15 is 0 Å². The first-order valence-corrected chi connectivity index (χ1v) is 7.41. The van der Waals surface area contributed by atoms with Gasteiger partial charge in [-0.2, -0.15) is 0 Å². The van der Waals surface area contributed by atoms with Gasteiger partial charge in [0.2, 0.25) is 0 Å². The topological polar surface area (TPSA) is 12.0 Å². The molecule has 0 bridgehead atoms. The highest BCUT2D eigenvalue weighted by atomic mass is 14.9. The zero-order valence-electron chi connectivity index (χ0n) is 13.2. The summed E-state index contributed by atoms with van der Waals surface area (Å²) in [6.45, 7) is 11.0. The Balaban J connectivity index is 2.10. The summed E-state index contributed by atoms with van der Waals surface area (Å²) in [5, 5.41) is 3.57. The van der Waals surface area contributed by atoms with E-state index in [1.54, 1.807) is 0 Å². The zero-order valence-corrected chi connectivity index (χ0v) is 13.2. The summed E-state index contributed by atoms with van der Waals surface area (Å²) in [7, 11) is 0. The van der Waals surface area contributed by atoms with Gasteiger partial charge >= 0.3 is 0 Å². The fraction of sp³-hybridized carbons (Fsp3) is 0.368. The van der Waals surface area contributed by atoms with Gasteiger partial charge in [0, 0.05) is 11.7 Å². The van der Waals surface area contributed by atoms with Crippen molar-refractivity contribution in [2.24, 2.45) is 0 Å². The predicted molar refractivity (Wildman–Crippen MR) is 88.5 cm³/mol. The fourth-order valence-corrected chi connectivity index (χ4v) is 2.33. The van der Waals surface area contributed by atoms with Gasteiger partial charge in [-0.25, -0.2) is 0 Å². The summed E-state index contributed by atoms with van der Waals surface area (Å²) in [5.41, 5.74) is 6.58. The lowest BCUT2D eigenvalue weighted by atomic mass is 9.99. The molecule has 0 fully saturated rings. The van der Waals surface area contributed by atoms with Crippen LogP contribution in [0.1, 0.15) is 55.0 Å². The number of rotatable bonds is 4. The maximum Gasteiger partial charge on any atom is 0.0485 e. The molecule has 1 heteroatoms. The molecule has 1 nitrogen and oxygen atoms in total. The molecular weight excluding hydrogens is 242 g/mol. The minimum absolute atomic E-state index is 0.318. The highest BCUT2D eigenvalue weighted by Gasteiger charge is 2.07. The molecule has 0 saturated carbocycles. The molecule has 1 atom stereocenters. The van der Waals surface area contributed by atoms with Crippen LogP contribution < -0.4 is 5.32 Å². The predicted octanol–water partition coefficient (Wildman–Crippen LogP) is 5.60. The molecule has 0 amide bonds. The largest absolute Gasteiger partial charge is 0.379 e. The Bertz CT molecular complexity index is 567. The number of hydrogen-bond acceptors (Lipinski definition) is 1. The van der Waals surface area contributed by atoms with E-state index in [0.29, 0.717) is 12.0 Å². The van der Waals surface area contributed by atoms with E-state index in [9.17, 15) is 0 Å². The molecule has 106 valence electrons. The molecule has 0 radical (unpaired) electrons. The van der Waals surface area contributed by atoms with E-state index in [1.807, 2.05) is 0 Å². The quantitative estimate of drug-likeness (QED) is 0.760. The third-order valence-electron chi connectivity index (χ3n) is 3.99. The summed E-state index contributed by atoms with van der Waals surface area (Å²) >= 11 is 0. The molecule has 0 aliphatic heterocycles. The van der Waals surface area contributed by atoms with Gasteiger partial charge in [0.15, 0.2) is 0 Å². The monoisotopic (exact) mass is 267 g/mol. The SMILES string of the molecule is Cc1ccc(NC(C)c2ccc(C(C)C)cc2)cc1C. The Hall–Kier alpha value is -1.76. The van der Waals surface area contributed by atoms with Gasteiger partial charge < -0.3 is 5.32 Å². The molecule has 0 aliphatic rings. The standard InChI is InChI=1S/C19H25N/c1-13(2)17-7-9-18(10-8-17)16(5)20-19-11-6-14(3)15(4)12-19/h6-13,16,20H,1-5H3. The molecule has 2 aromatic rings. The van der Waals surface area contributed by atoms with Crippen molar-refractivity contribution in [3.05, 3.63) is 64.7 Å². The van der Waals surface area contributed by atoms with Gasteiger partial charge in [-0.1, -0.05) is 44.2 Å². The Morgan fingerprint density at radius 1 is 0.750 bits per heavy atom. The number of nitrogens with one attached hydrogen (secondary N) is 1. The van der Waals surface area contributed by atoms with Crippen molar-refractivity contribution in [1.82, 2.24) is 0 Å². The second-order valence-electron chi connectivity index (χ2n) is 5.99. The molecule has 0 aromatic heterocycles. The van der Waals surface area contributed by atoms with E-state index in [-0.39, 0.29) is 0 Å². The Kier molecular flexibility index (Phi) is 4.49. The van der Waals surface area contributed by atoms with E-state index < -0.39 is 0 Å². The molecule has 20 heavy (non-hydrogen) atoms. The van der Waals surface area contributed by atoms with E-state index in [0.717, 1.165) is 0 Å². The van der Waals surface area contributed by atoms with Crippen LogP contribution in [0.15, 0.2) is 42.5 Å². The first-order valence-electron chi connectivity index (χ1n) is 7.41. The van der Waals surface area contributed by atoms with Crippen LogP contribution in [0.25, 0.3) is 0 Å². The minimum Gasteiger partial charge on any atom is -0.379 e. The fourth-order valence-electron chi connectivity index (χ4n) is 2.33. The summed E-state index contributed by atoms with van der Waals surface area (Å²) in [6, 6.07) is 15.8. The van der Waals surface area contributed by atoms with Crippen molar-refractivity contribution in [3.8, 4) is 0 Å². The Morgan fingerprint density at radius 3 is 1.90 bits per heavy atom. The molecule has 0 heterocycles. The number of aryl methyl sites for hydroxylation is 2. The van der Waals surface area contributed by atoms with Gasteiger partial charge in [-0.15, -0.1) is 0 Å². The van der Waals surface area contributed by atoms with Crippen LogP contribution in [0.3, 0.4) is 0 Å². The number of benzene rings is 2. The normalized spacial score (nSPS) is 12.5. The highest BCUT2D eigenvalue weighted by Crippen LogP contribution is 2.23. The average molecular weight is 267 g/mol. The van der Waals surface area contributed by atoms with Crippen LogP contribution >= 0.6 is 0 Å². The van der Waals surface area contributed by atoms with E-state index in [2.05, 4.69) is 82.4 Å². The third-order valence-corrected chi connectivity index (χ3v) is 3.99. The van der Waals surface area contributed by atoms with Crippen molar-refractivity contribution in [2.45, 2.75) is 46.6 Å². The number of anilines is 1. The average Bonchev–Trinajstić information content (AvgIpc) is 2.43. The van der Waals surface area contributed by atoms with E-state index in [4.69, 9.17) is 0 Å². The summed E-state index contributed by atoms with van der Waals surface area (Å²) in [5.74, 6) is 0.590. The molecule has 0 spiro atoms. The lowest BCUT2D eigenvalue weighted by Gasteiger charge is -2.17. The molecule has 0 saturated heterocycles. The van der Waals surface area contributed by atoms with Crippen LogP contribution in [-0.4, -0.2) is 0 Å². The van der Waals surface area contributed by atoms with Gasteiger partial charge in [0.25, 0.3) is 0 Å². The maximum absolute atomic E-state index is 3.57. The van der Waals surface area contributed by atoms with Crippen LogP contribution in [0.2, 0.25) is 0 Å². The summed E-state index contributed by atoms with van der Waals surface area (Å²) < 4.78 is 0. The maximum atomic E-state index is 3.57. The van der Waals surface area contributed by atoms with Crippen molar-refractivity contribution >= 4 is 5.69 Å². The van der Waals surface area contributed by atoms with Crippen LogP contribution in [0.5, 0.6) is 0 Å². The number of hydrogen-bond donors (Lipinski definition) is 1. The second-order valence-corrected chi connectivity index (χ2v) is 5.99. The first kappa shape index (κ1) is 14.6. The van der Waals surface area contributed by atoms with Crippen molar-refractivity contribution in [3.63, 3.8) is 0 Å². The Labute approximate surface area is 123 Å². The minimum atomic E-state index is 0.318. The van der Waals surface area contributed by atoms with Crippen LogP contribution in [0.4, 0.5) is 5.69 Å². The third kappa shape index (κ3) is 3.41. The van der Waals surface area contributed by atoms with Gasteiger partial charge in [-0.05, 0) is 61.1 Å². The van der Waals surface area contributed by atoms with Gasteiger partial charge in [0.1, 0.15) is 0 Å². The first-order chi connectivity index (χ1) is 9.47. The van der Waals surface area contributed by atoms with Gasteiger partial charge in [0.05, 0.1) is 0 Å². The Morgan fingerprint density at radius 2 is 1.35 bits per heavy atom. The summed E-state index contributed by atoms with van der Waals surface area (Å²) in [4.78, 5) is 0. The zero-order chi connectivity index (χ0) is 14.7. The molecule has 1 unspecified atom stereocenters.